The molecule has 0 N–H and O–H groups in total. The molecule has 1 heterocycles. The minimum Gasteiger partial charge on any atom is -0.337 e. The van der Waals surface area contributed by atoms with Crippen LogP contribution in [0.3, 0.4) is 0 Å². The number of likely N-dealkylation sites (tertiary alicyclic amines) is 1. The van der Waals surface area contributed by atoms with E-state index in [4.69, 9.17) is 0 Å². The number of hydrogen-bond donors (Lipinski definition) is 0. The first-order valence-electron chi connectivity index (χ1n) is 9.86. The van der Waals surface area contributed by atoms with Crippen molar-refractivity contribution in [2.45, 2.75) is 103 Å². The highest BCUT2D eigenvalue weighted by Gasteiger charge is 2.41. The van der Waals surface area contributed by atoms with E-state index in [1.165, 1.54) is 57.8 Å². The molecule has 0 radical (unpaired) electrons. The minimum atomic E-state index is 0.323. The van der Waals surface area contributed by atoms with E-state index in [9.17, 15) is 4.79 Å². The Hall–Kier alpha value is -0.465. The number of carbonyl (C=O) groups is 1. The van der Waals surface area contributed by atoms with E-state index in [1.54, 1.807) is 0 Å². The number of piperidine rings is 1. The second-order valence-electron chi connectivity index (χ2n) is 8.20. The molecule has 1 aliphatic heterocycles. The average Bonchev–Trinajstić information content (AvgIpc) is 2.45. The number of rotatable bonds is 3. The molecule has 2 nitrogen and oxygen atoms in total. The predicted octanol–water partition coefficient (Wildman–Crippen LogP) is 4.19. The summed E-state index contributed by atoms with van der Waals surface area (Å²) < 4.78 is 0. The lowest BCUT2D eigenvalue weighted by Gasteiger charge is -2.46. The Bertz CT molecular complexity index is 357. The number of amides is 1. The van der Waals surface area contributed by atoms with E-state index in [1.807, 2.05) is 0 Å². The van der Waals surface area contributed by atoms with Gasteiger partial charge in [-0.15, -0.1) is 0 Å². The van der Waals surface area contributed by atoms with Gasteiger partial charge < -0.3 is 4.90 Å². The zero-order chi connectivity index (χ0) is 16.1. The molecule has 4 atom stereocenters. The van der Waals surface area contributed by atoms with Crippen LogP contribution in [0.4, 0.5) is 0 Å². The highest BCUT2D eigenvalue weighted by molar-refractivity contribution is 6.11. The first-order chi connectivity index (χ1) is 10.5. The van der Waals surface area contributed by atoms with Crippen LogP contribution in [0.2, 0.25) is 5.82 Å². The van der Waals surface area contributed by atoms with E-state index < -0.39 is 0 Å². The number of nitrogens with zero attached hydrogens (tertiary/aromatic N) is 1. The predicted molar refractivity (Wildman–Crippen MR) is 96.9 cm³/mol. The van der Waals surface area contributed by atoms with Gasteiger partial charge in [-0.3, -0.25) is 4.79 Å². The fourth-order valence-corrected chi connectivity index (χ4v) is 4.87. The van der Waals surface area contributed by atoms with Crippen LogP contribution >= 0.6 is 0 Å². The molecule has 4 unspecified atom stereocenters. The fraction of sp³-hybridized carbons (Fsp3) is 0.947. The first-order valence-corrected chi connectivity index (χ1v) is 9.86. The van der Waals surface area contributed by atoms with E-state index in [0.717, 1.165) is 12.2 Å². The van der Waals surface area contributed by atoms with Gasteiger partial charge in [0.15, 0.2) is 0 Å². The third kappa shape index (κ3) is 4.29. The zero-order valence-corrected chi connectivity index (χ0v) is 15.3. The molecule has 126 valence electrons. The van der Waals surface area contributed by atoms with Gasteiger partial charge in [0, 0.05) is 18.0 Å². The molecule has 2 fully saturated rings. The zero-order valence-electron chi connectivity index (χ0n) is 15.3. The Balaban J connectivity index is 2.12. The summed E-state index contributed by atoms with van der Waals surface area (Å²) in [6, 6.07) is 0.861. The van der Waals surface area contributed by atoms with Crippen molar-refractivity contribution in [1.29, 1.82) is 0 Å². The minimum absolute atomic E-state index is 0.323. The number of fused-ring (bicyclic) bond motifs is 1. The molecular formula is C19H36BNO. The van der Waals surface area contributed by atoms with Crippen LogP contribution in [-0.2, 0) is 4.79 Å². The van der Waals surface area contributed by atoms with Crippen LogP contribution in [0.15, 0.2) is 0 Å². The molecule has 1 saturated carbocycles. The Morgan fingerprint density at radius 3 is 2.50 bits per heavy atom. The van der Waals surface area contributed by atoms with Gasteiger partial charge in [0.25, 0.3) is 0 Å². The molecule has 1 saturated heterocycles. The molecule has 0 bridgehead atoms. The van der Waals surface area contributed by atoms with Gasteiger partial charge in [-0.1, -0.05) is 51.3 Å². The second kappa shape index (κ2) is 8.40. The summed E-state index contributed by atoms with van der Waals surface area (Å²) in [4.78, 5) is 15.4. The number of carbonyl (C=O) groups excluding carboxylic acids is 1. The Morgan fingerprint density at radius 1 is 1.14 bits per heavy atom. The Morgan fingerprint density at radius 2 is 1.82 bits per heavy atom. The second-order valence-corrected chi connectivity index (χ2v) is 8.20. The molecule has 0 spiro atoms. The van der Waals surface area contributed by atoms with E-state index in [-0.39, 0.29) is 0 Å². The van der Waals surface area contributed by atoms with E-state index in [2.05, 4.69) is 33.5 Å². The van der Waals surface area contributed by atoms with Crippen LogP contribution in [0.5, 0.6) is 0 Å². The summed E-state index contributed by atoms with van der Waals surface area (Å²) in [7, 11) is 2.41. The summed E-state index contributed by atoms with van der Waals surface area (Å²) >= 11 is 0. The van der Waals surface area contributed by atoms with Gasteiger partial charge in [0.2, 0.25) is 5.91 Å². The van der Waals surface area contributed by atoms with Crippen molar-refractivity contribution in [3.63, 3.8) is 0 Å². The maximum absolute atomic E-state index is 13.1. The molecule has 3 heteroatoms. The molecule has 0 aromatic rings. The molecule has 22 heavy (non-hydrogen) atoms. The first kappa shape index (κ1) is 17.9. The van der Waals surface area contributed by atoms with Gasteiger partial charge in [-0.05, 0) is 45.4 Å². The third-order valence-electron chi connectivity index (χ3n) is 6.02. The highest BCUT2D eigenvalue weighted by atomic mass is 16.2. The average molecular weight is 305 g/mol. The highest BCUT2D eigenvalue weighted by Crippen LogP contribution is 2.39. The monoisotopic (exact) mass is 305 g/mol. The molecule has 2 rings (SSSR count). The summed E-state index contributed by atoms with van der Waals surface area (Å²) in [5, 5.41) is 0. The summed E-state index contributed by atoms with van der Waals surface area (Å²) in [6.07, 6.45) is 12.7. The normalized spacial score (nSPS) is 34.5. The lowest BCUT2D eigenvalue weighted by molar-refractivity contribution is -0.148. The van der Waals surface area contributed by atoms with Crippen LogP contribution in [0, 0.1) is 11.8 Å². The lowest BCUT2D eigenvalue weighted by Crippen LogP contribution is -2.54. The SMILES string of the molecule is BC1CCCCC2C(=O)N(C(C)C)C(CCC)CC2CCC1. The van der Waals surface area contributed by atoms with Crippen molar-refractivity contribution in [3.8, 4) is 0 Å². The van der Waals surface area contributed by atoms with Crippen LogP contribution in [0.25, 0.3) is 0 Å². The maximum atomic E-state index is 13.1. The van der Waals surface area contributed by atoms with Crippen molar-refractivity contribution in [1.82, 2.24) is 4.90 Å². The third-order valence-corrected chi connectivity index (χ3v) is 6.02. The summed E-state index contributed by atoms with van der Waals surface area (Å²) in [5.74, 6) is 2.35. The molecule has 1 amide bonds. The van der Waals surface area contributed by atoms with Crippen LogP contribution in [0.1, 0.15) is 85.0 Å². The van der Waals surface area contributed by atoms with Gasteiger partial charge >= 0.3 is 0 Å². The topological polar surface area (TPSA) is 20.3 Å². The van der Waals surface area contributed by atoms with Crippen molar-refractivity contribution in [2.24, 2.45) is 11.8 Å². The van der Waals surface area contributed by atoms with Crippen molar-refractivity contribution >= 4 is 13.8 Å². The lowest BCUT2D eigenvalue weighted by atomic mass is 9.71. The largest absolute Gasteiger partial charge is 0.337 e. The Labute approximate surface area is 138 Å². The quantitative estimate of drug-likeness (QED) is 0.716. The number of hydrogen-bond acceptors (Lipinski definition) is 1. The van der Waals surface area contributed by atoms with Crippen LogP contribution in [-0.4, -0.2) is 30.7 Å². The maximum Gasteiger partial charge on any atom is 0.226 e. The Kier molecular flexibility index (Phi) is 6.83. The van der Waals surface area contributed by atoms with Gasteiger partial charge in [0.1, 0.15) is 7.85 Å². The molecular weight excluding hydrogens is 269 g/mol. The van der Waals surface area contributed by atoms with Crippen molar-refractivity contribution < 1.29 is 4.79 Å². The molecule has 2 aliphatic rings. The van der Waals surface area contributed by atoms with Crippen LogP contribution < -0.4 is 0 Å². The van der Waals surface area contributed by atoms with E-state index in [0.29, 0.717) is 29.8 Å². The fourth-order valence-electron chi connectivity index (χ4n) is 4.87. The van der Waals surface area contributed by atoms with Crippen molar-refractivity contribution in [2.75, 3.05) is 0 Å². The van der Waals surface area contributed by atoms with Gasteiger partial charge in [0.05, 0.1) is 0 Å². The van der Waals surface area contributed by atoms with Crippen molar-refractivity contribution in [3.05, 3.63) is 0 Å². The molecule has 1 aliphatic carbocycles. The van der Waals surface area contributed by atoms with Gasteiger partial charge in [-0.2, -0.15) is 0 Å². The summed E-state index contributed by atoms with van der Waals surface area (Å²) in [6.45, 7) is 6.65. The smallest absolute Gasteiger partial charge is 0.226 e. The van der Waals surface area contributed by atoms with Gasteiger partial charge in [-0.25, -0.2) is 0 Å². The van der Waals surface area contributed by atoms with E-state index >= 15 is 0 Å². The summed E-state index contributed by atoms with van der Waals surface area (Å²) in [5.41, 5.74) is 0. The molecule has 0 aromatic heterocycles. The molecule has 0 aromatic carbocycles. The standard InChI is InChI=1S/C19H36BNO/c1-4-8-17-13-15-9-7-11-16(20)10-5-6-12-18(15)19(22)21(17)14(2)3/h14-18H,4-13,20H2,1-3H3.